The molecule has 1 aromatic carbocycles. The molecule has 0 aliphatic carbocycles. The van der Waals surface area contributed by atoms with Gasteiger partial charge in [0.25, 0.3) is 5.91 Å². The van der Waals surface area contributed by atoms with Crippen molar-refractivity contribution in [2.75, 3.05) is 6.54 Å². The molecular weight excluding hydrogens is 357 g/mol. The van der Waals surface area contributed by atoms with E-state index >= 15 is 0 Å². The van der Waals surface area contributed by atoms with Crippen LogP contribution in [0.15, 0.2) is 41.1 Å². The van der Waals surface area contributed by atoms with E-state index in [1.54, 1.807) is 37.4 Å². The molecule has 3 rings (SSSR count). The lowest BCUT2D eigenvalue weighted by molar-refractivity contribution is -0.135. The molecule has 8 heteroatoms. The second-order valence-corrected chi connectivity index (χ2v) is 7.08. The molecule has 1 aliphatic heterocycles. The molecule has 2 atom stereocenters. The number of hydrogen-bond donors (Lipinski definition) is 2. The van der Waals surface area contributed by atoms with Crippen molar-refractivity contribution in [1.82, 2.24) is 15.5 Å². The Morgan fingerprint density at radius 1 is 1.31 bits per heavy atom. The number of nitrogens with one attached hydrogen (secondary N) is 2. The van der Waals surface area contributed by atoms with Gasteiger partial charge in [-0.1, -0.05) is 12.1 Å². The summed E-state index contributed by atoms with van der Waals surface area (Å²) < 4.78 is 13.0. The van der Waals surface area contributed by atoms with E-state index in [9.17, 15) is 18.8 Å². The third-order valence-corrected chi connectivity index (χ3v) is 5.11. The van der Waals surface area contributed by atoms with Crippen molar-refractivity contribution in [3.8, 4) is 0 Å². The van der Waals surface area contributed by atoms with Gasteiger partial charge in [0.2, 0.25) is 5.91 Å². The van der Waals surface area contributed by atoms with Gasteiger partial charge in [-0.25, -0.2) is 9.18 Å². The summed E-state index contributed by atoms with van der Waals surface area (Å²) in [5.74, 6) is -1.30. The van der Waals surface area contributed by atoms with E-state index in [1.165, 1.54) is 23.5 Å². The Labute approximate surface area is 154 Å². The maximum absolute atomic E-state index is 13.0. The van der Waals surface area contributed by atoms with Crippen molar-refractivity contribution in [2.24, 2.45) is 0 Å². The van der Waals surface area contributed by atoms with Gasteiger partial charge in [0, 0.05) is 0 Å². The Balaban J connectivity index is 1.66. The zero-order chi connectivity index (χ0) is 18.9. The lowest BCUT2D eigenvalue weighted by Gasteiger charge is -2.21. The number of imide groups is 1. The number of benzene rings is 1. The predicted octanol–water partition coefficient (Wildman–Crippen LogP) is 2.53. The topological polar surface area (TPSA) is 78.5 Å². The van der Waals surface area contributed by atoms with Gasteiger partial charge in [-0.15, -0.1) is 0 Å². The first kappa shape index (κ1) is 18.1. The normalized spacial score (nSPS) is 20.8. The minimum Gasteiger partial charge on any atom is -0.348 e. The number of nitrogens with zero attached hydrogens (tertiary/aromatic N) is 1. The predicted molar refractivity (Wildman–Crippen MR) is 94.9 cm³/mol. The van der Waals surface area contributed by atoms with Crippen LogP contribution in [-0.2, 0) is 15.1 Å². The minimum absolute atomic E-state index is 0.362. The lowest BCUT2D eigenvalue weighted by atomic mass is 9.95. The zero-order valence-corrected chi connectivity index (χ0v) is 15.1. The second kappa shape index (κ2) is 6.87. The van der Waals surface area contributed by atoms with Crippen molar-refractivity contribution >= 4 is 29.2 Å². The molecule has 2 aromatic rings. The number of carbonyl (C=O) groups excluding carboxylic acids is 3. The third-order valence-electron chi connectivity index (χ3n) is 4.42. The van der Waals surface area contributed by atoms with Crippen LogP contribution in [0.2, 0.25) is 0 Å². The molecule has 136 valence electrons. The standard InChI is InChI=1S/C18H18FN3O3S/c1-11(12-3-5-14(19)6-4-12)20-15(23)9-22-16(24)18(2,21-17(22)25)13-7-8-26-10-13/h3-8,10-11H,9H2,1-2H3,(H,20,23)(H,21,25). The van der Waals surface area contributed by atoms with Gasteiger partial charge in [0.15, 0.2) is 0 Å². The first-order valence-corrected chi connectivity index (χ1v) is 8.97. The lowest BCUT2D eigenvalue weighted by Crippen LogP contribution is -2.43. The molecule has 1 fully saturated rings. The van der Waals surface area contributed by atoms with Crippen molar-refractivity contribution < 1.29 is 18.8 Å². The Bertz CT molecular complexity index is 838. The summed E-state index contributed by atoms with van der Waals surface area (Å²) in [6.45, 7) is 2.98. The molecule has 26 heavy (non-hydrogen) atoms. The number of rotatable bonds is 5. The summed E-state index contributed by atoms with van der Waals surface area (Å²) in [5, 5.41) is 8.97. The molecule has 0 bridgehead atoms. The molecule has 4 amide bonds. The largest absolute Gasteiger partial charge is 0.348 e. The quantitative estimate of drug-likeness (QED) is 0.789. The van der Waals surface area contributed by atoms with Crippen LogP contribution in [0.25, 0.3) is 0 Å². The monoisotopic (exact) mass is 375 g/mol. The van der Waals surface area contributed by atoms with Crippen LogP contribution in [0.4, 0.5) is 9.18 Å². The molecule has 0 saturated carbocycles. The fourth-order valence-electron chi connectivity index (χ4n) is 2.85. The molecule has 0 radical (unpaired) electrons. The Morgan fingerprint density at radius 3 is 2.62 bits per heavy atom. The van der Waals surface area contributed by atoms with Crippen molar-refractivity contribution in [3.63, 3.8) is 0 Å². The first-order chi connectivity index (χ1) is 12.3. The summed E-state index contributed by atoms with van der Waals surface area (Å²) >= 11 is 1.42. The summed E-state index contributed by atoms with van der Waals surface area (Å²) in [6, 6.07) is 6.54. The van der Waals surface area contributed by atoms with Gasteiger partial charge in [0.1, 0.15) is 17.9 Å². The number of carbonyl (C=O) groups is 3. The number of halogens is 1. The smallest absolute Gasteiger partial charge is 0.325 e. The number of amides is 4. The van der Waals surface area contributed by atoms with Crippen LogP contribution in [0.1, 0.15) is 31.0 Å². The van der Waals surface area contributed by atoms with Gasteiger partial charge in [0.05, 0.1) is 6.04 Å². The Hall–Kier alpha value is -2.74. The van der Waals surface area contributed by atoms with Crippen molar-refractivity contribution in [1.29, 1.82) is 0 Å². The minimum atomic E-state index is -1.17. The van der Waals surface area contributed by atoms with Gasteiger partial charge in [-0.05, 0) is 53.9 Å². The highest BCUT2D eigenvalue weighted by molar-refractivity contribution is 7.08. The fourth-order valence-corrected chi connectivity index (χ4v) is 3.62. The average Bonchev–Trinajstić information content (AvgIpc) is 3.20. The van der Waals surface area contributed by atoms with Gasteiger partial charge in [-0.2, -0.15) is 11.3 Å². The van der Waals surface area contributed by atoms with E-state index in [4.69, 9.17) is 0 Å². The third kappa shape index (κ3) is 3.32. The van der Waals surface area contributed by atoms with Gasteiger partial charge in [-0.3, -0.25) is 14.5 Å². The molecule has 2 heterocycles. The van der Waals surface area contributed by atoms with Crippen molar-refractivity contribution in [3.05, 3.63) is 58.0 Å². The molecule has 0 spiro atoms. The Kier molecular flexibility index (Phi) is 4.78. The summed E-state index contributed by atoms with van der Waals surface area (Å²) in [5.41, 5.74) is 0.239. The van der Waals surface area contributed by atoms with Gasteiger partial charge >= 0.3 is 6.03 Å². The number of urea groups is 1. The molecule has 1 aliphatic rings. The maximum atomic E-state index is 13.0. The zero-order valence-electron chi connectivity index (χ0n) is 14.3. The van der Waals surface area contributed by atoms with Gasteiger partial charge < -0.3 is 10.6 Å². The molecule has 6 nitrogen and oxygen atoms in total. The van der Waals surface area contributed by atoms with E-state index in [0.717, 1.165) is 10.5 Å². The highest BCUT2D eigenvalue weighted by Gasteiger charge is 2.49. The van der Waals surface area contributed by atoms with Crippen LogP contribution in [0.3, 0.4) is 0 Å². The van der Waals surface area contributed by atoms with Crippen LogP contribution in [-0.4, -0.2) is 29.3 Å². The average molecular weight is 375 g/mol. The number of thiophene rings is 1. The van der Waals surface area contributed by atoms with E-state index in [0.29, 0.717) is 5.56 Å². The summed E-state index contributed by atoms with van der Waals surface area (Å²) in [7, 11) is 0. The SMILES string of the molecule is CC(NC(=O)CN1C(=O)NC(C)(c2ccsc2)C1=O)c1ccc(F)cc1. The van der Waals surface area contributed by atoms with E-state index in [2.05, 4.69) is 10.6 Å². The van der Waals surface area contributed by atoms with Crippen LogP contribution in [0, 0.1) is 5.82 Å². The van der Waals surface area contributed by atoms with E-state index < -0.39 is 23.4 Å². The van der Waals surface area contributed by atoms with Crippen molar-refractivity contribution in [2.45, 2.75) is 25.4 Å². The maximum Gasteiger partial charge on any atom is 0.325 e. The Morgan fingerprint density at radius 2 is 2.00 bits per heavy atom. The molecule has 1 aromatic heterocycles. The summed E-state index contributed by atoms with van der Waals surface area (Å²) in [6.07, 6.45) is 0. The van der Waals surface area contributed by atoms with Crippen LogP contribution in [0.5, 0.6) is 0 Å². The second-order valence-electron chi connectivity index (χ2n) is 6.30. The summed E-state index contributed by atoms with van der Waals surface area (Å²) in [4.78, 5) is 38.1. The fraction of sp³-hybridized carbons (Fsp3) is 0.278. The molecule has 2 unspecified atom stereocenters. The molecular formula is C18H18FN3O3S. The van der Waals surface area contributed by atoms with E-state index in [-0.39, 0.29) is 18.4 Å². The highest BCUT2D eigenvalue weighted by Crippen LogP contribution is 2.30. The number of hydrogen-bond acceptors (Lipinski definition) is 4. The molecule has 1 saturated heterocycles. The van der Waals surface area contributed by atoms with Crippen LogP contribution < -0.4 is 10.6 Å². The highest BCUT2D eigenvalue weighted by atomic mass is 32.1. The first-order valence-electron chi connectivity index (χ1n) is 8.03. The molecule has 2 N–H and O–H groups in total. The van der Waals surface area contributed by atoms with E-state index in [1.807, 2.05) is 5.38 Å². The van der Waals surface area contributed by atoms with Crippen LogP contribution >= 0.6 is 11.3 Å².